The molecule has 3 heterocycles. The van der Waals surface area contributed by atoms with E-state index in [9.17, 15) is 4.79 Å². The van der Waals surface area contributed by atoms with Gasteiger partial charge in [-0.05, 0) is 37.1 Å². The molecule has 0 unspecified atom stereocenters. The summed E-state index contributed by atoms with van der Waals surface area (Å²) in [6.07, 6.45) is 1.11. The Morgan fingerprint density at radius 1 is 1.23 bits per heavy atom. The first kappa shape index (κ1) is 16.4. The number of H-pyrrole nitrogens is 1. The van der Waals surface area contributed by atoms with Crippen LogP contribution in [0.2, 0.25) is 0 Å². The lowest BCUT2D eigenvalue weighted by atomic mass is 10.1. The minimum atomic E-state index is -0.418. The van der Waals surface area contributed by atoms with Crippen LogP contribution in [0.4, 0.5) is 4.79 Å². The molecule has 0 radical (unpaired) electrons. The second-order valence-corrected chi connectivity index (χ2v) is 6.14. The Hall–Kier alpha value is -3.03. The van der Waals surface area contributed by atoms with Gasteiger partial charge in [-0.25, -0.2) is 4.79 Å². The van der Waals surface area contributed by atoms with Crippen LogP contribution in [0.15, 0.2) is 24.3 Å². The van der Waals surface area contributed by atoms with Crippen LogP contribution in [-0.2, 0) is 17.7 Å². The maximum Gasteiger partial charge on any atom is 0.407 e. The normalized spacial score (nSPS) is 15.5. The van der Waals surface area contributed by atoms with Crippen molar-refractivity contribution in [1.29, 1.82) is 0 Å². The molecule has 0 spiro atoms. The summed E-state index contributed by atoms with van der Waals surface area (Å²) in [6.45, 7) is 3.86. The van der Waals surface area contributed by atoms with Gasteiger partial charge in [-0.15, -0.1) is 0 Å². The molecule has 26 heavy (non-hydrogen) atoms. The molecule has 1 aliphatic rings. The zero-order chi connectivity index (χ0) is 17.9. The van der Waals surface area contributed by atoms with Crippen molar-refractivity contribution in [3.63, 3.8) is 0 Å². The van der Waals surface area contributed by atoms with E-state index < -0.39 is 6.09 Å². The predicted molar refractivity (Wildman–Crippen MR) is 96.2 cm³/mol. The maximum atomic E-state index is 11.7. The molecule has 2 N–H and O–H groups in total. The number of rotatable bonds is 1. The van der Waals surface area contributed by atoms with E-state index in [4.69, 9.17) is 9.47 Å². The van der Waals surface area contributed by atoms with E-state index in [2.05, 4.69) is 27.5 Å². The number of hydrogen-bond acceptors (Lipinski definition) is 5. The summed E-state index contributed by atoms with van der Waals surface area (Å²) in [4.78, 5) is 11.7. The van der Waals surface area contributed by atoms with Crippen LogP contribution >= 0.6 is 0 Å². The third-order valence-electron chi connectivity index (χ3n) is 4.40. The lowest BCUT2D eigenvalue weighted by Crippen LogP contribution is -2.27. The van der Waals surface area contributed by atoms with E-state index in [0.717, 1.165) is 40.2 Å². The van der Waals surface area contributed by atoms with Crippen LogP contribution in [0, 0.1) is 0 Å². The summed E-state index contributed by atoms with van der Waals surface area (Å²) < 4.78 is 12.9. The molecule has 0 saturated heterocycles. The summed E-state index contributed by atoms with van der Waals surface area (Å²) in [5, 5.41) is 15.9. The van der Waals surface area contributed by atoms with Gasteiger partial charge in [0.2, 0.25) is 0 Å². The number of amides is 1. The third kappa shape index (κ3) is 3.22. The molecule has 0 fully saturated rings. The fourth-order valence-corrected chi connectivity index (χ4v) is 3.06. The highest BCUT2D eigenvalue weighted by Gasteiger charge is 2.15. The van der Waals surface area contributed by atoms with Crippen LogP contribution in [0.3, 0.4) is 0 Å². The molecule has 4 bridgehead atoms. The van der Waals surface area contributed by atoms with Crippen LogP contribution in [0.5, 0.6) is 5.75 Å². The van der Waals surface area contributed by atoms with Gasteiger partial charge in [0.15, 0.2) is 0 Å². The largest absolute Gasteiger partial charge is 0.494 e. The van der Waals surface area contributed by atoms with Crippen LogP contribution in [-0.4, -0.2) is 45.8 Å². The number of fused-ring (bicyclic) bond motifs is 4. The molecule has 8 nitrogen and oxygen atoms in total. The highest BCUT2D eigenvalue weighted by molar-refractivity contribution is 5.92. The molecule has 0 saturated carbocycles. The summed E-state index contributed by atoms with van der Waals surface area (Å²) >= 11 is 0. The van der Waals surface area contributed by atoms with Gasteiger partial charge in [-0.3, -0.25) is 9.78 Å². The number of aryl methyl sites for hydroxylation is 1. The van der Waals surface area contributed by atoms with Gasteiger partial charge in [0.25, 0.3) is 0 Å². The van der Waals surface area contributed by atoms with Gasteiger partial charge in [0.1, 0.15) is 23.7 Å². The topological polar surface area (TPSA) is 94.1 Å². The quantitative estimate of drug-likeness (QED) is 0.699. The van der Waals surface area contributed by atoms with Gasteiger partial charge in [0, 0.05) is 17.6 Å². The van der Waals surface area contributed by atoms with Crippen molar-refractivity contribution in [2.24, 2.45) is 0 Å². The summed E-state index contributed by atoms with van der Waals surface area (Å²) in [6, 6.07) is 7.87. The van der Waals surface area contributed by atoms with E-state index in [-0.39, 0.29) is 6.61 Å². The molecule has 8 heteroatoms. The number of ether oxygens (including phenoxy) is 2. The van der Waals surface area contributed by atoms with Crippen molar-refractivity contribution in [2.45, 2.75) is 26.3 Å². The minimum absolute atomic E-state index is 0.266. The highest BCUT2D eigenvalue weighted by atomic mass is 16.5. The third-order valence-corrected chi connectivity index (χ3v) is 4.40. The SMILES string of the molecule is CCc1cc2nn1CCOC(=O)NCCCOc1ccc3[nH]nc-2c3c1. The minimum Gasteiger partial charge on any atom is -0.494 e. The van der Waals surface area contributed by atoms with Crippen molar-refractivity contribution in [3.8, 4) is 17.1 Å². The standard InChI is InChI=1S/C18H21N5O3/c1-2-12-10-16-17-14-11-13(4-5-15(14)20-21-17)25-8-3-6-19-18(24)26-9-7-23(12)22-16/h4-5,10-11H,2-3,6-9H2,1H3,(H,19,24)(H,20,21). The van der Waals surface area contributed by atoms with Gasteiger partial charge in [-0.2, -0.15) is 10.2 Å². The number of carbonyl (C=O) groups is 1. The molecule has 4 rings (SSSR count). The van der Waals surface area contributed by atoms with Crippen LogP contribution < -0.4 is 10.1 Å². The van der Waals surface area contributed by atoms with E-state index in [1.807, 2.05) is 28.9 Å². The second kappa shape index (κ2) is 7.07. The number of nitrogens with zero attached hydrogens (tertiary/aromatic N) is 3. The zero-order valence-corrected chi connectivity index (χ0v) is 14.6. The molecular weight excluding hydrogens is 334 g/mol. The average Bonchev–Trinajstić information content (AvgIpc) is 3.24. The number of hydrogen-bond donors (Lipinski definition) is 2. The van der Waals surface area contributed by atoms with Crippen molar-refractivity contribution in [3.05, 3.63) is 30.0 Å². The number of benzene rings is 1. The number of cyclic esters (lactones) is 1. The van der Waals surface area contributed by atoms with Gasteiger partial charge in [0.05, 0.1) is 18.7 Å². The molecule has 3 aromatic rings. The molecule has 136 valence electrons. The van der Waals surface area contributed by atoms with Crippen molar-refractivity contribution >= 4 is 17.0 Å². The Morgan fingerprint density at radius 2 is 2.15 bits per heavy atom. The molecule has 0 aliphatic carbocycles. The molecule has 1 aliphatic heterocycles. The Bertz CT molecular complexity index is 930. The number of alkyl carbamates (subject to hydrolysis) is 1. The first-order valence-corrected chi connectivity index (χ1v) is 8.83. The van der Waals surface area contributed by atoms with Crippen LogP contribution in [0.25, 0.3) is 22.3 Å². The van der Waals surface area contributed by atoms with Gasteiger partial charge < -0.3 is 14.8 Å². The lowest BCUT2D eigenvalue weighted by Gasteiger charge is -2.10. The maximum absolute atomic E-state index is 11.7. The number of nitrogens with one attached hydrogen (secondary N) is 2. The van der Waals surface area contributed by atoms with Crippen molar-refractivity contribution < 1.29 is 14.3 Å². The highest BCUT2D eigenvalue weighted by Crippen LogP contribution is 2.29. The van der Waals surface area contributed by atoms with Crippen molar-refractivity contribution in [2.75, 3.05) is 19.8 Å². The van der Waals surface area contributed by atoms with Gasteiger partial charge in [-0.1, -0.05) is 6.92 Å². The second-order valence-electron chi connectivity index (χ2n) is 6.14. The summed E-state index contributed by atoms with van der Waals surface area (Å²) in [7, 11) is 0. The molecule has 2 aromatic heterocycles. The van der Waals surface area contributed by atoms with Crippen molar-refractivity contribution in [1.82, 2.24) is 25.3 Å². The Labute approximate surface area is 150 Å². The monoisotopic (exact) mass is 355 g/mol. The summed E-state index contributed by atoms with van der Waals surface area (Å²) in [5.74, 6) is 0.768. The lowest BCUT2D eigenvalue weighted by molar-refractivity contribution is 0.139. The predicted octanol–water partition coefficient (Wildman–Crippen LogP) is 2.50. The van der Waals surface area contributed by atoms with E-state index in [0.29, 0.717) is 26.1 Å². The summed E-state index contributed by atoms with van der Waals surface area (Å²) in [5.41, 5.74) is 3.60. The number of carbonyl (C=O) groups excluding carboxylic acids is 1. The molecular formula is C18H21N5O3. The fourth-order valence-electron chi connectivity index (χ4n) is 3.06. The molecule has 1 aromatic carbocycles. The zero-order valence-electron chi connectivity index (χ0n) is 14.6. The Morgan fingerprint density at radius 3 is 3.04 bits per heavy atom. The number of aromatic nitrogens is 4. The average molecular weight is 355 g/mol. The first-order valence-electron chi connectivity index (χ1n) is 8.83. The Kier molecular flexibility index (Phi) is 4.47. The fraction of sp³-hybridized carbons (Fsp3) is 0.389. The van der Waals surface area contributed by atoms with E-state index >= 15 is 0 Å². The smallest absolute Gasteiger partial charge is 0.407 e. The van der Waals surface area contributed by atoms with E-state index in [1.165, 1.54) is 0 Å². The molecule has 1 amide bonds. The number of aromatic amines is 1. The van der Waals surface area contributed by atoms with Gasteiger partial charge >= 0.3 is 6.09 Å². The molecule has 0 atom stereocenters. The van der Waals surface area contributed by atoms with Crippen LogP contribution in [0.1, 0.15) is 19.0 Å². The first-order chi connectivity index (χ1) is 12.7. The van der Waals surface area contributed by atoms with E-state index in [1.54, 1.807) is 0 Å². The Balaban J connectivity index is 1.74.